The Labute approximate surface area is 213 Å². The van der Waals surface area contributed by atoms with Crippen molar-refractivity contribution in [3.05, 3.63) is 59.7 Å². The van der Waals surface area contributed by atoms with Gasteiger partial charge in [0.15, 0.2) is 16.6 Å². The van der Waals surface area contributed by atoms with Crippen molar-refractivity contribution in [3.8, 4) is 5.75 Å². The first-order chi connectivity index (χ1) is 16.4. The third kappa shape index (κ3) is 4.29. The molecule has 0 bridgehead atoms. The Hall–Kier alpha value is -1.65. The lowest BCUT2D eigenvalue weighted by molar-refractivity contribution is -0.220. The van der Waals surface area contributed by atoms with E-state index in [1.165, 1.54) is 16.8 Å². The maximum absolute atomic E-state index is 7.30. The zero-order chi connectivity index (χ0) is 25.2. The van der Waals surface area contributed by atoms with Gasteiger partial charge in [0.2, 0.25) is 0 Å². The Bertz CT molecular complexity index is 1080. The molecular formula is C28H42N2O3Si2. The van der Waals surface area contributed by atoms with Crippen LogP contribution in [0.1, 0.15) is 36.9 Å². The van der Waals surface area contributed by atoms with E-state index in [2.05, 4.69) is 105 Å². The summed E-state index contributed by atoms with van der Waals surface area (Å²) in [6.07, 6.45) is 2.00. The molecule has 5 nitrogen and oxygen atoms in total. The van der Waals surface area contributed by atoms with Crippen LogP contribution in [-0.4, -0.2) is 52.9 Å². The van der Waals surface area contributed by atoms with Gasteiger partial charge in [-0.25, -0.2) is 0 Å². The molecule has 2 aromatic carbocycles. The molecule has 1 N–H and O–H groups in total. The number of fused-ring (bicyclic) bond motifs is 3. The monoisotopic (exact) mass is 510 g/mol. The molecule has 2 heterocycles. The lowest BCUT2D eigenvalue weighted by atomic mass is 9.56. The van der Waals surface area contributed by atoms with Gasteiger partial charge in [-0.3, -0.25) is 4.90 Å². The number of benzene rings is 2. The molecule has 0 amide bonds. The highest BCUT2D eigenvalue weighted by molar-refractivity contribution is 6.70. The van der Waals surface area contributed by atoms with Gasteiger partial charge >= 0.3 is 0 Å². The van der Waals surface area contributed by atoms with Gasteiger partial charge in [-0.1, -0.05) is 30.3 Å². The highest BCUT2D eigenvalue weighted by atomic mass is 28.4. The van der Waals surface area contributed by atoms with E-state index >= 15 is 0 Å². The smallest absolute Gasteiger partial charge is 0.185 e. The van der Waals surface area contributed by atoms with Crippen LogP contribution in [0.3, 0.4) is 0 Å². The standard InChI is InChI=1S/C28H42N2O3Si2/c1-20(21-12-10-9-11-13-21)30-19-25(30)26-28(33-35(6,7)8)17-16-27(28,32-34(3,4)5)23-18-22(31-2)14-15-24(23)29-26/h9-15,18,20,25-26,29H,16-17,19H2,1-8H3/t20-,25-,26+,27+,28-,30?/m1/s1. The maximum atomic E-state index is 7.30. The Balaban J connectivity index is 1.60. The van der Waals surface area contributed by atoms with Crippen molar-refractivity contribution in [2.45, 2.75) is 88.4 Å². The summed E-state index contributed by atoms with van der Waals surface area (Å²) < 4.78 is 20.2. The molecule has 0 spiro atoms. The van der Waals surface area contributed by atoms with E-state index < -0.39 is 22.2 Å². The molecule has 0 aromatic heterocycles. The van der Waals surface area contributed by atoms with Crippen LogP contribution in [0.15, 0.2) is 48.5 Å². The van der Waals surface area contributed by atoms with E-state index in [-0.39, 0.29) is 11.6 Å². The molecule has 1 saturated carbocycles. The van der Waals surface area contributed by atoms with Crippen molar-refractivity contribution in [2.24, 2.45) is 0 Å². The maximum Gasteiger partial charge on any atom is 0.185 e. The van der Waals surface area contributed by atoms with Crippen LogP contribution in [-0.2, 0) is 14.5 Å². The van der Waals surface area contributed by atoms with Crippen LogP contribution < -0.4 is 10.1 Å². The second-order valence-corrected chi connectivity index (χ2v) is 21.4. The number of hydrogen-bond acceptors (Lipinski definition) is 5. The summed E-state index contributed by atoms with van der Waals surface area (Å²) in [4.78, 5) is 2.62. The minimum atomic E-state index is -1.91. The van der Waals surface area contributed by atoms with Gasteiger partial charge in [-0.2, -0.15) is 0 Å². The Kier molecular flexibility index (Phi) is 6.04. The largest absolute Gasteiger partial charge is 0.497 e. The van der Waals surface area contributed by atoms with Crippen LogP contribution in [0, 0.1) is 0 Å². The minimum Gasteiger partial charge on any atom is -0.497 e. The lowest BCUT2D eigenvalue weighted by Gasteiger charge is -2.67. The first-order valence-electron chi connectivity index (χ1n) is 13.1. The number of rotatable bonds is 8. The van der Waals surface area contributed by atoms with E-state index in [1.54, 1.807) is 7.11 Å². The summed E-state index contributed by atoms with van der Waals surface area (Å²) in [6.45, 7) is 17.2. The molecule has 3 aliphatic rings. The summed E-state index contributed by atoms with van der Waals surface area (Å²) in [5.41, 5.74) is 2.93. The van der Waals surface area contributed by atoms with Crippen LogP contribution in [0.5, 0.6) is 5.75 Å². The van der Waals surface area contributed by atoms with Crippen molar-refractivity contribution in [2.75, 3.05) is 19.0 Å². The molecule has 2 aromatic rings. The summed E-state index contributed by atoms with van der Waals surface area (Å²) in [6, 6.07) is 18.2. The molecule has 2 aliphatic heterocycles. The second kappa shape index (κ2) is 8.45. The number of nitrogens with one attached hydrogen (secondary N) is 1. The molecule has 6 atom stereocenters. The third-order valence-electron chi connectivity index (χ3n) is 7.83. The normalized spacial score (nSPS) is 32.5. The number of hydrogen-bond donors (Lipinski definition) is 1. The molecule has 2 fully saturated rings. The molecule has 5 rings (SSSR count). The van der Waals surface area contributed by atoms with E-state index in [4.69, 9.17) is 13.6 Å². The van der Waals surface area contributed by atoms with E-state index in [1.807, 2.05) is 0 Å². The highest BCUT2D eigenvalue weighted by Gasteiger charge is 2.73. The Morgan fingerprint density at radius 1 is 0.943 bits per heavy atom. The topological polar surface area (TPSA) is 42.7 Å². The molecule has 1 aliphatic carbocycles. The van der Waals surface area contributed by atoms with Crippen LogP contribution in [0.2, 0.25) is 39.3 Å². The van der Waals surface area contributed by atoms with E-state index in [9.17, 15) is 0 Å². The summed E-state index contributed by atoms with van der Waals surface area (Å²) in [5, 5.41) is 3.99. The molecule has 7 heteroatoms. The van der Waals surface area contributed by atoms with Crippen molar-refractivity contribution >= 4 is 22.3 Å². The summed E-state index contributed by atoms with van der Waals surface area (Å²) in [5.74, 6) is 0.877. The second-order valence-electron chi connectivity index (χ2n) is 12.5. The zero-order valence-electron chi connectivity index (χ0n) is 22.6. The fourth-order valence-electron chi connectivity index (χ4n) is 6.46. The molecule has 190 valence electrons. The number of ether oxygens (including phenoxy) is 1. The first-order valence-corrected chi connectivity index (χ1v) is 19.9. The summed E-state index contributed by atoms with van der Waals surface area (Å²) >= 11 is 0. The highest BCUT2D eigenvalue weighted by Crippen LogP contribution is 2.64. The van der Waals surface area contributed by atoms with Crippen molar-refractivity contribution < 1.29 is 13.6 Å². The first kappa shape index (κ1) is 25.0. The lowest BCUT2D eigenvalue weighted by Crippen LogP contribution is -2.77. The average molecular weight is 511 g/mol. The van der Waals surface area contributed by atoms with Gasteiger partial charge in [-0.15, -0.1) is 0 Å². The van der Waals surface area contributed by atoms with Crippen LogP contribution in [0.4, 0.5) is 5.69 Å². The predicted octanol–water partition coefficient (Wildman–Crippen LogP) is 6.37. The van der Waals surface area contributed by atoms with Gasteiger partial charge in [0, 0.05) is 29.9 Å². The number of methoxy groups -OCH3 is 1. The fourth-order valence-corrected chi connectivity index (χ4v) is 9.38. The van der Waals surface area contributed by atoms with Crippen LogP contribution in [0.25, 0.3) is 0 Å². The molecular weight excluding hydrogens is 468 g/mol. The van der Waals surface area contributed by atoms with Gasteiger partial charge in [0.1, 0.15) is 17.0 Å². The van der Waals surface area contributed by atoms with E-state index in [0.717, 1.165) is 25.1 Å². The molecule has 35 heavy (non-hydrogen) atoms. The van der Waals surface area contributed by atoms with Crippen molar-refractivity contribution in [1.29, 1.82) is 0 Å². The Morgan fingerprint density at radius 2 is 1.63 bits per heavy atom. The van der Waals surface area contributed by atoms with Crippen LogP contribution >= 0.6 is 0 Å². The minimum absolute atomic E-state index is 0.173. The van der Waals surface area contributed by atoms with Gasteiger partial charge in [0.05, 0.1) is 13.2 Å². The number of anilines is 1. The predicted molar refractivity (Wildman–Crippen MR) is 148 cm³/mol. The third-order valence-corrected chi connectivity index (χ3v) is 9.77. The van der Waals surface area contributed by atoms with Crippen molar-refractivity contribution in [3.63, 3.8) is 0 Å². The quantitative estimate of drug-likeness (QED) is 0.330. The van der Waals surface area contributed by atoms with Gasteiger partial charge in [0.25, 0.3) is 0 Å². The van der Waals surface area contributed by atoms with Gasteiger partial charge < -0.3 is 18.9 Å². The van der Waals surface area contributed by atoms with Crippen molar-refractivity contribution in [1.82, 2.24) is 4.90 Å². The zero-order valence-corrected chi connectivity index (χ0v) is 24.6. The Morgan fingerprint density at radius 3 is 2.20 bits per heavy atom. The number of nitrogens with zero attached hydrogens (tertiary/aromatic N) is 1. The molecule has 1 unspecified atom stereocenters. The fraction of sp³-hybridized carbons (Fsp3) is 0.571. The molecule has 0 radical (unpaired) electrons. The average Bonchev–Trinajstić information content (AvgIpc) is 3.57. The molecule has 1 saturated heterocycles. The van der Waals surface area contributed by atoms with Gasteiger partial charge in [-0.05, 0) is 82.8 Å². The SMILES string of the molecule is COc1ccc2c(c1)[C@@]1(O[Si](C)(C)C)CC[C@@]1(O[Si](C)(C)C)[C@H]([C@H]1CN1[C@H](C)c1ccccc1)N2. The summed E-state index contributed by atoms with van der Waals surface area (Å²) in [7, 11) is -2.07. The van der Waals surface area contributed by atoms with E-state index in [0.29, 0.717) is 12.1 Å².